The average Bonchev–Trinajstić information content (AvgIpc) is 3.15. The van der Waals surface area contributed by atoms with Crippen molar-refractivity contribution in [1.29, 1.82) is 0 Å². The summed E-state index contributed by atoms with van der Waals surface area (Å²) in [5.41, 5.74) is -1.02. The predicted molar refractivity (Wildman–Crippen MR) is 71.6 cm³/mol. The molecule has 20 heavy (non-hydrogen) atoms. The number of hydrogen-bond donors (Lipinski definition) is 0. The Bertz CT molecular complexity index is 530. The van der Waals surface area contributed by atoms with Crippen molar-refractivity contribution in [1.82, 2.24) is 0 Å². The summed E-state index contributed by atoms with van der Waals surface area (Å²) in [4.78, 5) is 23.7. The molecule has 2 atom stereocenters. The van der Waals surface area contributed by atoms with Crippen molar-refractivity contribution in [3.05, 3.63) is 34.3 Å². The van der Waals surface area contributed by atoms with Crippen LogP contribution in [0.2, 0.25) is 0 Å². The van der Waals surface area contributed by atoms with Crippen LogP contribution in [0.1, 0.15) is 24.8 Å². The molecule has 1 fully saturated rings. The summed E-state index contributed by atoms with van der Waals surface area (Å²) >= 11 is 3.27. The molecule has 2 unspecified atom stereocenters. The van der Waals surface area contributed by atoms with E-state index in [-0.39, 0.29) is 13.0 Å². The third kappa shape index (κ3) is 2.49. The summed E-state index contributed by atoms with van der Waals surface area (Å²) in [5.74, 6) is -2.72. The Morgan fingerprint density at radius 2 is 2.00 bits per heavy atom. The molecule has 2 rings (SSSR count). The van der Waals surface area contributed by atoms with E-state index in [1.807, 2.05) is 0 Å². The smallest absolute Gasteiger partial charge is 0.320 e. The zero-order chi connectivity index (χ0) is 14.9. The van der Waals surface area contributed by atoms with Gasteiger partial charge in [0.2, 0.25) is 5.78 Å². The first kappa shape index (κ1) is 15.1. The van der Waals surface area contributed by atoms with Crippen molar-refractivity contribution < 1.29 is 23.1 Å². The first-order valence-corrected chi connectivity index (χ1v) is 6.98. The molecule has 0 spiro atoms. The summed E-state index contributed by atoms with van der Waals surface area (Å²) in [6.45, 7) is 1.64. The van der Waals surface area contributed by atoms with Crippen molar-refractivity contribution >= 4 is 27.7 Å². The number of alkyl halides is 2. The van der Waals surface area contributed by atoms with Crippen LogP contribution in [0.5, 0.6) is 0 Å². The number of carbonyl (C=O) groups excluding carboxylic acids is 2. The van der Waals surface area contributed by atoms with Gasteiger partial charge in [0.15, 0.2) is 0 Å². The molecule has 0 aliphatic heterocycles. The van der Waals surface area contributed by atoms with Gasteiger partial charge in [0.05, 0.1) is 6.61 Å². The van der Waals surface area contributed by atoms with Crippen LogP contribution in [0.25, 0.3) is 0 Å². The summed E-state index contributed by atoms with van der Waals surface area (Å²) in [6.07, 6.45) is -3.09. The first-order chi connectivity index (χ1) is 9.43. The van der Waals surface area contributed by atoms with Gasteiger partial charge in [0.1, 0.15) is 5.41 Å². The molecule has 0 saturated heterocycles. The predicted octanol–water partition coefficient (Wildman–Crippen LogP) is 3.32. The molecule has 6 heteroatoms. The van der Waals surface area contributed by atoms with Crippen LogP contribution in [0.4, 0.5) is 8.78 Å². The van der Waals surface area contributed by atoms with Crippen LogP contribution in [-0.2, 0) is 14.3 Å². The fraction of sp³-hybridized carbons (Fsp3) is 0.429. The Morgan fingerprint density at radius 3 is 2.50 bits per heavy atom. The Labute approximate surface area is 123 Å². The number of ether oxygens (including phenoxy) is 1. The highest BCUT2D eigenvalue weighted by Gasteiger charge is 2.68. The number of rotatable bonds is 5. The molecule has 0 radical (unpaired) electrons. The van der Waals surface area contributed by atoms with Crippen LogP contribution in [0.3, 0.4) is 0 Å². The quantitative estimate of drug-likeness (QED) is 0.606. The largest absolute Gasteiger partial charge is 0.465 e. The maximum absolute atomic E-state index is 12.8. The third-order valence-corrected chi connectivity index (χ3v) is 4.04. The van der Waals surface area contributed by atoms with E-state index in [4.69, 9.17) is 4.74 Å². The van der Waals surface area contributed by atoms with Crippen molar-refractivity contribution in [2.24, 2.45) is 5.41 Å². The van der Waals surface area contributed by atoms with E-state index in [1.165, 1.54) is 0 Å². The van der Waals surface area contributed by atoms with Gasteiger partial charge in [0, 0.05) is 10.4 Å². The number of carbonyl (C=O) groups is 2. The second kappa shape index (κ2) is 5.60. The monoisotopic (exact) mass is 346 g/mol. The van der Waals surface area contributed by atoms with Gasteiger partial charge >= 0.3 is 5.97 Å². The highest BCUT2D eigenvalue weighted by molar-refractivity contribution is 9.10. The lowest BCUT2D eigenvalue weighted by Crippen LogP contribution is -2.34. The zero-order valence-corrected chi connectivity index (χ0v) is 12.3. The number of Topliss-reactive ketones (excluding diaryl/α,β-unsaturated/α-hetero) is 1. The lowest BCUT2D eigenvalue weighted by Gasteiger charge is -2.14. The molecular formula is C14H13BrF2O3. The second-order valence-electron chi connectivity index (χ2n) is 4.67. The second-order valence-corrected chi connectivity index (χ2v) is 5.58. The summed E-state index contributed by atoms with van der Waals surface area (Å²) in [6, 6.07) is 6.93. The zero-order valence-electron chi connectivity index (χ0n) is 10.7. The molecule has 1 saturated carbocycles. The summed E-state index contributed by atoms with van der Waals surface area (Å²) in [5, 5.41) is 0. The van der Waals surface area contributed by atoms with Crippen molar-refractivity contribution in [2.45, 2.75) is 25.7 Å². The average molecular weight is 347 g/mol. The van der Waals surface area contributed by atoms with Gasteiger partial charge in [0.25, 0.3) is 6.43 Å². The van der Waals surface area contributed by atoms with E-state index < -0.39 is 29.5 Å². The Kier molecular flexibility index (Phi) is 4.22. The fourth-order valence-electron chi connectivity index (χ4n) is 2.41. The Balaban J connectivity index is 2.30. The maximum Gasteiger partial charge on any atom is 0.320 e. The van der Waals surface area contributed by atoms with Gasteiger partial charge in [-0.3, -0.25) is 9.59 Å². The highest BCUT2D eigenvalue weighted by atomic mass is 79.9. The van der Waals surface area contributed by atoms with E-state index in [0.29, 0.717) is 5.56 Å². The number of hydrogen-bond acceptors (Lipinski definition) is 3. The molecule has 0 bridgehead atoms. The lowest BCUT2D eigenvalue weighted by atomic mass is 9.94. The van der Waals surface area contributed by atoms with Gasteiger partial charge in [-0.05, 0) is 31.0 Å². The highest BCUT2D eigenvalue weighted by Crippen LogP contribution is 2.61. The molecule has 1 aliphatic rings. The van der Waals surface area contributed by atoms with Crippen LogP contribution < -0.4 is 0 Å². The van der Waals surface area contributed by atoms with Gasteiger partial charge in [-0.25, -0.2) is 8.78 Å². The normalized spacial score (nSPS) is 24.6. The number of halogens is 3. The van der Waals surface area contributed by atoms with Crippen molar-refractivity contribution in [3.8, 4) is 0 Å². The minimum Gasteiger partial charge on any atom is -0.465 e. The van der Waals surface area contributed by atoms with E-state index in [2.05, 4.69) is 15.9 Å². The van der Waals surface area contributed by atoms with E-state index in [0.717, 1.165) is 4.47 Å². The third-order valence-electron chi connectivity index (χ3n) is 3.51. The molecule has 1 aromatic rings. The van der Waals surface area contributed by atoms with Gasteiger partial charge in [-0.2, -0.15) is 0 Å². The Hall–Kier alpha value is -1.30. The molecule has 0 amide bonds. The lowest BCUT2D eigenvalue weighted by molar-refractivity contribution is -0.157. The molecule has 1 aliphatic carbocycles. The van der Waals surface area contributed by atoms with Gasteiger partial charge in [-0.15, -0.1) is 0 Å². The van der Waals surface area contributed by atoms with Gasteiger partial charge in [-0.1, -0.05) is 28.1 Å². The number of ketones is 1. The summed E-state index contributed by atoms with van der Waals surface area (Å²) < 4.78 is 31.2. The molecular weight excluding hydrogens is 334 g/mol. The molecule has 0 heterocycles. The topological polar surface area (TPSA) is 43.4 Å². The van der Waals surface area contributed by atoms with Crippen LogP contribution in [-0.4, -0.2) is 24.8 Å². The van der Waals surface area contributed by atoms with Crippen molar-refractivity contribution in [2.75, 3.05) is 6.61 Å². The first-order valence-electron chi connectivity index (χ1n) is 6.18. The number of esters is 1. The number of benzene rings is 1. The van der Waals surface area contributed by atoms with E-state index in [9.17, 15) is 18.4 Å². The standard InChI is InChI=1S/C14H13BrF2O3/c1-2-20-13(19)14(11(18)12(16)17)7-10(14)8-3-5-9(15)6-4-8/h3-6,10,12H,2,7H2,1H3. The van der Waals surface area contributed by atoms with Crippen LogP contribution in [0, 0.1) is 5.41 Å². The molecule has 0 N–H and O–H groups in total. The van der Waals surface area contributed by atoms with Crippen LogP contribution >= 0.6 is 15.9 Å². The SMILES string of the molecule is CCOC(=O)C1(C(=O)C(F)F)CC1c1ccc(Br)cc1. The minimum absolute atomic E-state index is 0.0597. The van der Waals surface area contributed by atoms with Gasteiger partial charge < -0.3 is 4.74 Å². The molecule has 108 valence electrons. The van der Waals surface area contributed by atoms with E-state index in [1.54, 1.807) is 31.2 Å². The van der Waals surface area contributed by atoms with E-state index >= 15 is 0 Å². The summed E-state index contributed by atoms with van der Waals surface area (Å²) in [7, 11) is 0. The minimum atomic E-state index is -3.17. The fourth-order valence-corrected chi connectivity index (χ4v) is 2.68. The van der Waals surface area contributed by atoms with Crippen LogP contribution in [0.15, 0.2) is 28.7 Å². The molecule has 0 aromatic heterocycles. The maximum atomic E-state index is 12.8. The van der Waals surface area contributed by atoms with Crippen molar-refractivity contribution in [3.63, 3.8) is 0 Å². The molecule has 3 nitrogen and oxygen atoms in total. The molecule has 1 aromatic carbocycles. The Morgan fingerprint density at radius 1 is 1.40 bits per heavy atom.